The normalized spacial score (nSPS) is 11.2. The van der Waals surface area contributed by atoms with E-state index < -0.39 is 0 Å². The zero-order chi connectivity index (χ0) is 20.5. The van der Waals surface area contributed by atoms with Crippen LogP contribution in [-0.4, -0.2) is 9.97 Å². The molecule has 0 amide bonds. The number of nitrogens with two attached hydrogens (primary N) is 1. The molecule has 0 aliphatic heterocycles. The first kappa shape index (κ1) is 20.8. The maximum absolute atomic E-state index is 14.2. The molecule has 0 aliphatic rings. The first-order chi connectivity index (χ1) is 13.6. The molecule has 28 heavy (non-hydrogen) atoms. The molecule has 1 heterocycles. The van der Waals surface area contributed by atoms with Crippen molar-refractivity contribution in [1.82, 2.24) is 9.97 Å². The SMILES string of the molecule is C=C/C=C(\C=C/C)Nc1nc(-c2ccccc2F)nc2ccc(N)cc12.CC. The third-order valence-electron chi connectivity index (χ3n) is 3.74. The van der Waals surface area contributed by atoms with Crippen LogP contribution < -0.4 is 11.1 Å². The second kappa shape index (κ2) is 10.0. The molecule has 3 rings (SSSR count). The molecule has 3 N–H and O–H groups in total. The highest BCUT2D eigenvalue weighted by atomic mass is 19.1. The number of halogens is 1. The molecule has 0 aliphatic carbocycles. The second-order valence-electron chi connectivity index (χ2n) is 5.63. The molecule has 0 unspecified atom stereocenters. The van der Waals surface area contributed by atoms with Crippen LogP contribution in [0.5, 0.6) is 0 Å². The molecule has 1 aromatic heterocycles. The van der Waals surface area contributed by atoms with E-state index in [2.05, 4.69) is 21.9 Å². The molecule has 0 saturated carbocycles. The van der Waals surface area contributed by atoms with E-state index in [-0.39, 0.29) is 5.82 Å². The number of hydrogen-bond acceptors (Lipinski definition) is 4. The molecule has 0 fully saturated rings. The topological polar surface area (TPSA) is 63.8 Å². The van der Waals surface area contributed by atoms with Gasteiger partial charge >= 0.3 is 0 Å². The highest BCUT2D eigenvalue weighted by Crippen LogP contribution is 2.28. The Morgan fingerprint density at radius 3 is 2.57 bits per heavy atom. The zero-order valence-corrected chi connectivity index (χ0v) is 16.4. The van der Waals surface area contributed by atoms with Crippen molar-refractivity contribution in [1.29, 1.82) is 0 Å². The van der Waals surface area contributed by atoms with E-state index in [1.807, 2.05) is 39.0 Å². The second-order valence-corrected chi connectivity index (χ2v) is 5.63. The minimum atomic E-state index is -0.372. The highest BCUT2D eigenvalue weighted by Gasteiger charge is 2.13. The van der Waals surface area contributed by atoms with Gasteiger partial charge in [0.25, 0.3) is 0 Å². The summed E-state index contributed by atoms with van der Waals surface area (Å²) < 4.78 is 14.2. The van der Waals surface area contributed by atoms with Gasteiger partial charge in [0.05, 0.1) is 11.1 Å². The van der Waals surface area contributed by atoms with Crippen molar-refractivity contribution in [2.45, 2.75) is 20.8 Å². The van der Waals surface area contributed by atoms with Gasteiger partial charge in [-0.1, -0.05) is 44.7 Å². The lowest BCUT2D eigenvalue weighted by molar-refractivity contribution is 0.630. The van der Waals surface area contributed by atoms with Gasteiger partial charge in [-0.15, -0.1) is 0 Å². The number of aromatic nitrogens is 2. The summed E-state index contributed by atoms with van der Waals surface area (Å²) in [5.74, 6) is 0.483. The van der Waals surface area contributed by atoms with Crippen LogP contribution in [0.4, 0.5) is 15.9 Å². The van der Waals surface area contributed by atoms with E-state index in [9.17, 15) is 4.39 Å². The summed E-state index contributed by atoms with van der Waals surface area (Å²) in [5.41, 5.74) is 8.34. The van der Waals surface area contributed by atoms with Crippen molar-refractivity contribution >= 4 is 22.4 Å². The highest BCUT2D eigenvalue weighted by molar-refractivity contribution is 5.93. The van der Waals surface area contributed by atoms with Crippen LogP contribution in [0, 0.1) is 5.82 Å². The fourth-order valence-corrected chi connectivity index (χ4v) is 2.59. The fraction of sp³-hybridized carbons (Fsp3) is 0.130. The Morgan fingerprint density at radius 1 is 1.14 bits per heavy atom. The number of nitrogen functional groups attached to an aromatic ring is 1. The van der Waals surface area contributed by atoms with Crippen LogP contribution in [0.3, 0.4) is 0 Å². The summed E-state index contributed by atoms with van der Waals surface area (Å²) in [6.45, 7) is 9.64. The predicted octanol–water partition coefficient (Wildman–Crippen LogP) is 6.10. The minimum Gasteiger partial charge on any atom is -0.399 e. The van der Waals surface area contributed by atoms with E-state index in [4.69, 9.17) is 5.73 Å². The standard InChI is InChI=1S/C21H19FN4.C2H6/c1-3-7-15(8-4-2)24-21-17-13-14(23)11-12-19(17)25-20(26-21)16-9-5-6-10-18(16)22;1-2/h3-13H,1,23H2,2H3,(H,24,25,26);1-2H3/b8-4-,15-7+;. The lowest BCUT2D eigenvalue weighted by Crippen LogP contribution is -2.04. The molecule has 0 bridgehead atoms. The van der Waals surface area contributed by atoms with Crippen molar-refractivity contribution < 1.29 is 4.39 Å². The average molecular weight is 376 g/mol. The summed E-state index contributed by atoms with van der Waals surface area (Å²) in [4.78, 5) is 9.05. The molecule has 0 radical (unpaired) electrons. The predicted molar refractivity (Wildman–Crippen MR) is 117 cm³/mol. The Balaban J connectivity index is 0.00000136. The summed E-state index contributed by atoms with van der Waals surface area (Å²) in [5, 5.41) is 4.01. The van der Waals surface area contributed by atoms with E-state index in [1.54, 1.807) is 42.5 Å². The van der Waals surface area contributed by atoms with Gasteiger partial charge in [-0.3, -0.25) is 0 Å². The summed E-state index contributed by atoms with van der Waals surface area (Å²) in [6.07, 6.45) is 7.30. The van der Waals surface area contributed by atoms with E-state index in [1.165, 1.54) is 6.07 Å². The van der Waals surface area contributed by atoms with Gasteiger partial charge in [0.2, 0.25) is 0 Å². The molecular weight excluding hydrogens is 351 g/mol. The van der Waals surface area contributed by atoms with Gasteiger partial charge in [-0.2, -0.15) is 0 Å². The molecule has 0 saturated heterocycles. The fourth-order valence-electron chi connectivity index (χ4n) is 2.59. The van der Waals surface area contributed by atoms with E-state index in [0.717, 1.165) is 11.1 Å². The number of rotatable bonds is 5. The molecular formula is C23H25FN4. The van der Waals surface area contributed by atoms with Crippen LogP contribution in [0.15, 0.2) is 79.0 Å². The number of nitrogens with one attached hydrogen (secondary N) is 1. The smallest absolute Gasteiger partial charge is 0.165 e. The Kier molecular flexibility index (Phi) is 7.45. The van der Waals surface area contributed by atoms with Gasteiger partial charge in [-0.05, 0) is 49.4 Å². The number of benzene rings is 2. The number of anilines is 2. The van der Waals surface area contributed by atoms with Crippen LogP contribution in [0.25, 0.3) is 22.3 Å². The third-order valence-corrected chi connectivity index (χ3v) is 3.74. The van der Waals surface area contributed by atoms with Crippen molar-refractivity contribution in [3.63, 3.8) is 0 Å². The Hall–Kier alpha value is -3.47. The molecule has 0 spiro atoms. The first-order valence-corrected chi connectivity index (χ1v) is 9.17. The van der Waals surface area contributed by atoms with Crippen molar-refractivity contribution in [2.75, 3.05) is 11.1 Å². The van der Waals surface area contributed by atoms with Crippen LogP contribution in [0.1, 0.15) is 20.8 Å². The Morgan fingerprint density at radius 2 is 1.89 bits per heavy atom. The van der Waals surface area contributed by atoms with Gasteiger partial charge in [-0.25, -0.2) is 14.4 Å². The molecule has 5 heteroatoms. The summed E-state index contributed by atoms with van der Waals surface area (Å²) in [7, 11) is 0. The summed E-state index contributed by atoms with van der Waals surface area (Å²) >= 11 is 0. The van der Waals surface area contributed by atoms with Gasteiger partial charge in [0.1, 0.15) is 11.6 Å². The van der Waals surface area contributed by atoms with E-state index in [0.29, 0.717) is 28.4 Å². The largest absolute Gasteiger partial charge is 0.399 e. The summed E-state index contributed by atoms with van der Waals surface area (Å²) in [6, 6.07) is 11.8. The number of fused-ring (bicyclic) bond motifs is 1. The number of nitrogens with zero attached hydrogens (tertiary/aromatic N) is 2. The molecule has 2 aromatic carbocycles. The Labute approximate surface area is 165 Å². The minimum absolute atomic E-state index is 0.307. The monoisotopic (exact) mass is 376 g/mol. The number of allylic oxidation sites excluding steroid dienone is 4. The van der Waals surface area contributed by atoms with Crippen LogP contribution in [0.2, 0.25) is 0 Å². The lowest BCUT2D eigenvalue weighted by atomic mass is 10.1. The van der Waals surface area contributed by atoms with E-state index >= 15 is 0 Å². The third kappa shape index (κ3) is 4.82. The van der Waals surface area contributed by atoms with Gasteiger partial charge in [0, 0.05) is 16.8 Å². The van der Waals surface area contributed by atoms with Crippen molar-refractivity contribution in [2.24, 2.45) is 0 Å². The molecule has 144 valence electrons. The van der Waals surface area contributed by atoms with Gasteiger partial charge in [0.15, 0.2) is 5.82 Å². The maximum atomic E-state index is 14.2. The van der Waals surface area contributed by atoms with Crippen LogP contribution >= 0.6 is 0 Å². The molecule has 4 nitrogen and oxygen atoms in total. The van der Waals surface area contributed by atoms with Crippen molar-refractivity contribution in [3.05, 3.63) is 84.9 Å². The first-order valence-electron chi connectivity index (χ1n) is 9.17. The van der Waals surface area contributed by atoms with Crippen molar-refractivity contribution in [3.8, 4) is 11.4 Å². The maximum Gasteiger partial charge on any atom is 0.165 e. The van der Waals surface area contributed by atoms with Crippen LogP contribution in [-0.2, 0) is 0 Å². The quantitative estimate of drug-likeness (QED) is 0.417. The lowest BCUT2D eigenvalue weighted by Gasteiger charge is -2.12. The Bertz CT molecular complexity index is 1020. The average Bonchev–Trinajstić information content (AvgIpc) is 2.70. The molecule has 0 atom stereocenters. The molecule has 3 aromatic rings. The number of hydrogen-bond donors (Lipinski definition) is 2. The van der Waals surface area contributed by atoms with Gasteiger partial charge < -0.3 is 11.1 Å². The zero-order valence-electron chi connectivity index (χ0n) is 16.4.